The highest BCUT2D eigenvalue weighted by atomic mass is 16.2. The van der Waals surface area contributed by atoms with Crippen LogP contribution >= 0.6 is 0 Å². The van der Waals surface area contributed by atoms with Crippen LogP contribution < -0.4 is 5.32 Å². The average molecular weight is 364 g/mol. The van der Waals surface area contributed by atoms with Crippen molar-refractivity contribution < 1.29 is 4.79 Å². The quantitative estimate of drug-likeness (QED) is 0.703. The van der Waals surface area contributed by atoms with Crippen molar-refractivity contribution in [1.82, 2.24) is 14.9 Å². The second-order valence-electron chi connectivity index (χ2n) is 8.43. The minimum atomic E-state index is -0.413. The summed E-state index contributed by atoms with van der Waals surface area (Å²) in [5, 5.41) is 3.03. The van der Waals surface area contributed by atoms with E-state index in [0.717, 1.165) is 23.4 Å². The van der Waals surface area contributed by atoms with E-state index in [0.29, 0.717) is 12.5 Å². The Morgan fingerprint density at radius 3 is 2.37 bits per heavy atom. The lowest BCUT2D eigenvalue weighted by Gasteiger charge is -2.18. The molecular weight excluding hydrogens is 334 g/mol. The Hall–Kier alpha value is -2.62. The third-order valence-corrected chi connectivity index (χ3v) is 4.81. The van der Waals surface area contributed by atoms with Gasteiger partial charge in [0.1, 0.15) is 5.82 Å². The summed E-state index contributed by atoms with van der Waals surface area (Å²) in [5.74, 6) is 1.43. The molecule has 4 heteroatoms. The molecule has 0 bridgehead atoms. The fourth-order valence-electron chi connectivity index (χ4n) is 3.05. The maximum absolute atomic E-state index is 12.3. The molecule has 3 rings (SSSR count). The van der Waals surface area contributed by atoms with Crippen LogP contribution in [0.25, 0.3) is 11.0 Å². The first-order chi connectivity index (χ1) is 12.8. The Bertz CT molecular complexity index is 930. The number of carbonyl (C=O) groups is 1. The largest absolute Gasteiger partial charge is 0.348 e. The van der Waals surface area contributed by atoms with Crippen molar-refractivity contribution in [1.29, 1.82) is 0 Å². The highest BCUT2D eigenvalue weighted by Gasteiger charge is 2.21. The molecule has 0 unspecified atom stereocenters. The number of aromatic nitrogens is 2. The van der Waals surface area contributed by atoms with Gasteiger partial charge in [0.25, 0.3) is 0 Å². The summed E-state index contributed by atoms with van der Waals surface area (Å²) in [7, 11) is 0. The second-order valence-corrected chi connectivity index (χ2v) is 8.43. The lowest BCUT2D eigenvalue weighted by atomic mass is 9.96. The van der Waals surface area contributed by atoms with Gasteiger partial charge in [-0.05, 0) is 29.2 Å². The molecule has 1 N–H and O–H groups in total. The molecular formula is C23H29N3O. The van der Waals surface area contributed by atoms with Gasteiger partial charge >= 0.3 is 0 Å². The molecule has 0 fully saturated rings. The maximum Gasteiger partial charge on any atom is 0.225 e. The highest BCUT2D eigenvalue weighted by Crippen LogP contribution is 2.20. The van der Waals surface area contributed by atoms with Crippen LogP contribution in [0.2, 0.25) is 0 Å². The van der Waals surface area contributed by atoms with Gasteiger partial charge in [-0.1, -0.05) is 71.0 Å². The number of amides is 1. The van der Waals surface area contributed by atoms with Crippen LogP contribution in [0.1, 0.15) is 57.5 Å². The summed E-state index contributed by atoms with van der Waals surface area (Å²) >= 11 is 0. The van der Waals surface area contributed by atoms with E-state index in [4.69, 9.17) is 4.98 Å². The molecule has 0 aliphatic rings. The minimum Gasteiger partial charge on any atom is -0.348 e. The number of benzene rings is 2. The summed E-state index contributed by atoms with van der Waals surface area (Å²) in [4.78, 5) is 17.0. The van der Waals surface area contributed by atoms with Crippen LogP contribution in [-0.2, 0) is 17.9 Å². The molecule has 1 amide bonds. The van der Waals surface area contributed by atoms with Crippen molar-refractivity contribution in [3.63, 3.8) is 0 Å². The van der Waals surface area contributed by atoms with Gasteiger partial charge in [0, 0.05) is 12.0 Å². The number of hydrogen-bond acceptors (Lipinski definition) is 2. The predicted molar refractivity (Wildman–Crippen MR) is 111 cm³/mol. The SMILES string of the molecule is CC(C)c1ccc(Cn2c(CNC(=O)C(C)(C)C)nc3ccccc32)cc1. The van der Waals surface area contributed by atoms with E-state index in [2.05, 4.69) is 54.1 Å². The van der Waals surface area contributed by atoms with Gasteiger partial charge in [-0.2, -0.15) is 0 Å². The van der Waals surface area contributed by atoms with Gasteiger partial charge in [0.2, 0.25) is 5.91 Å². The standard InChI is InChI=1S/C23H29N3O/c1-16(2)18-12-10-17(11-13-18)15-26-20-9-7-6-8-19(20)25-21(26)14-24-22(27)23(3,4)5/h6-13,16H,14-15H2,1-5H3,(H,24,27). The lowest BCUT2D eigenvalue weighted by molar-refractivity contribution is -0.128. The molecule has 0 saturated heterocycles. The Morgan fingerprint density at radius 1 is 1.07 bits per heavy atom. The molecule has 1 heterocycles. The molecule has 0 spiro atoms. The fourth-order valence-corrected chi connectivity index (χ4v) is 3.05. The van der Waals surface area contributed by atoms with Crippen molar-refractivity contribution >= 4 is 16.9 Å². The zero-order valence-corrected chi connectivity index (χ0v) is 16.9. The Balaban J connectivity index is 1.89. The van der Waals surface area contributed by atoms with Crippen molar-refractivity contribution in [2.75, 3.05) is 0 Å². The van der Waals surface area contributed by atoms with E-state index in [1.165, 1.54) is 11.1 Å². The lowest BCUT2D eigenvalue weighted by Crippen LogP contribution is -2.35. The smallest absolute Gasteiger partial charge is 0.225 e. The average Bonchev–Trinajstić information content (AvgIpc) is 2.97. The summed E-state index contributed by atoms with van der Waals surface area (Å²) in [6.07, 6.45) is 0. The van der Waals surface area contributed by atoms with E-state index >= 15 is 0 Å². The number of para-hydroxylation sites is 2. The van der Waals surface area contributed by atoms with Gasteiger partial charge in [0.05, 0.1) is 17.6 Å². The van der Waals surface area contributed by atoms with Gasteiger partial charge in [-0.15, -0.1) is 0 Å². The summed E-state index contributed by atoms with van der Waals surface area (Å²) in [6.45, 7) is 11.3. The topological polar surface area (TPSA) is 46.9 Å². The Morgan fingerprint density at radius 2 is 1.74 bits per heavy atom. The summed E-state index contributed by atoms with van der Waals surface area (Å²) in [6, 6.07) is 16.9. The van der Waals surface area contributed by atoms with Gasteiger partial charge < -0.3 is 9.88 Å². The zero-order valence-electron chi connectivity index (χ0n) is 16.9. The number of nitrogens with zero attached hydrogens (tertiary/aromatic N) is 2. The molecule has 0 saturated carbocycles. The van der Waals surface area contributed by atoms with Gasteiger partial charge in [-0.3, -0.25) is 4.79 Å². The maximum atomic E-state index is 12.3. The number of nitrogens with one attached hydrogen (secondary N) is 1. The third-order valence-electron chi connectivity index (χ3n) is 4.81. The predicted octanol–water partition coefficient (Wildman–Crippen LogP) is 4.87. The first-order valence-electron chi connectivity index (χ1n) is 9.57. The van der Waals surface area contributed by atoms with Crippen molar-refractivity contribution in [3.05, 3.63) is 65.5 Å². The molecule has 1 aromatic heterocycles. The third kappa shape index (κ3) is 4.38. The minimum absolute atomic E-state index is 0.0300. The monoisotopic (exact) mass is 363 g/mol. The summed E-state index contributed by atoms with van der Waals surface area (Å²) < 4.78 is 2.20. The number of imidazole rings is 1. The van der Waals surface area contributed by atoms with E-state index in [1.807, 2.05) is 39.0 Å². The van der Waals surface area contributed by atoms with Crippen LogP contribution in [0.4, 0.5) is 0 Å². The van der Waals surface area contributed by atoms with Crippen LogP contribution in [0.3, 0.4) is 0 Å². The van der Waals surface area contributed by atoms with Crippen LogP contribution in [0.15, 0.2) is 48.5 Å². The van der Waals surface area contributed by atoms with Gasteiger partial charge in [-0.25, -0.2) is 4.98 Å². The molecule has 27 heavy (non-hydrogen) atoms. The van der Waals surface area contributed by atoms with Crippen molar-refractivity contribution in [3.8, 4) is 0 Å². The van der Waals surface area contributed by atoms with Crippen LogP contribution in [0, 0.1) is 5.41 Å². The summed E-state index contributed by atoms with van der Waals surface area (Å²) in [5.41, 5.74) is 4.20. The van der Waals surface area contributed by atoms with Crippen LogP contribution in [0.5, 0.6) is 0 Å². The van der Waals surface area contributed by atoms with E-state index in [-0.39, 0.29) is 5.91 Å². The molecule has 0 radical (unpaired) electrons. The molecule has 0 atom stereocenters. The first-order valence-corrected chi connectivity index (χ1v) is 9.57. The number of rotatable bonds is 5. The molecule has 2 aromatic carbocycles. The van der Waals surface area contributed by atoms with Crippen molar-refractivity contribution in [2.45, 2.75) is 53.6 Å². The Kier molecular flexibility index (Phi) is 5.36. The zero-order chi connectivity index (χ0) is 19.6. The number of carbonyl (C=O) groups excluding carboxylic acids is 1. The normalized spacial score (nSPS) is 11.9. The highest BCUT2D eigenvalue weighted by molar-refractivity contribution is 5.81. The van der Waals surface area contributed by atoms with E-state index in [1.54, 1.807) is 0 Å². The number of fused-ring (bicyclic) bond motifs is 1. The van der Waals surface area contributed by atoms with E-state index in [9.17, 15) is 4.79 Å². The number of hydrogen-bond donors (Lipinski definition) is 1. The Labute approximate surface area is 161 Å². The van der Waals surface area contributed by atoms with Crippen LogP contribution in [-0.4, -0.2) is 15.5 Å². The van der Waals surface area contributed by atoms with E-state index < -0.39 is 5.41 Å². The van der Waals surface area contributed by atoms with Crippen molar-refractivity contribution in [2.24, 2.45) is 5.41 Å². The molecule has 142 valence electrons. The molecule has 0 aliphatic carbocycles. The molecule has 3 aromatic rings. The van der Waals surface area contributed by atoms with Gasteiger partial charge in [0.15, 0.2) is 0 Å². The fraction of sp³-hybridized carbons (Fsp3) is 0.391. The molecule has 4 nitrogen and oxygen atoms in total. The second kappa shape index (κ2) is 7.55. The first kappa shape index (κ1) is 19.2. The molecule has 0 aliphatic heterocycles.